The third-order valence-corrected chi connectivity index (χ3v) is 2.72. The molecule has 0 spiro atoms. The molecule has 3 nitrogen and oxygen atoms in total. The van der Waals surface area contributed by atoms with Gasteiger partial charge in [-0.3, -0.25) is 0 Å². The Morgan fingerprint density at radius 2 is 2.22 bits per heavy atom. The van der Waals surface area contributed by atoms with E-state index in [9.17, 15) is 4.39 Å². The van der Waals surface area contributed by atoms with Gasteiger partial charge < -0.3 is 9.73 Å². The quantitative estimate of drug-likeness (QED) is 0.920. The maximum atomic E-state index is 13.8. The number of rotatable bonds is 4. The lowest BCUT2D eigenvalue weighted by molar-refractivity contribution is 0.457. The lowest BCUT2D eigenvalue weighted by atomic mass is 10.2. The van der Waals surface area contributed by atoms with Gasteiger partial charge in [0.05, 0.1) is 23.3 Å². The van der Waals surface area contributed by atoms with Crippen LogP contribution in [0.5, 0.6) is 0 Å². The van der Waals surface area contributed by atoms with Crippen molar-refractivity contribution in [3.8, 4) is 11.3 Å². The first kappa shape index (κ1) is 13.1. The van der Waals surface area contributed by atoms with Gasteiger partial charge in [-0.2, -0.15) is 0 Å². The van der Waals surface area contributed by atoms with Gasteiger partial charge in [-0.1, -0.05) is 31.5 Å². The summed E-state index contributed by atoms with van der Waals surface area (Å²) < 4.78 is 19.3. The van der Waals surface area contributed by atoms with Crippen molar-refractivity contribution < 1.29 is 8.81 Å². The predicted octanol–water partition coefficient (Wildman–Crippen LogP) is 3.63. The van der Waals surface area contributed by atoms with Crippen LogP contribution in [0.3, 0.4) is 0 Å². The van der Waals surface area contributed by atoms with E-state index in [0.717, 1.165) is 0 Å². The molecule has 0 fully saturated rings. The van der Waals surface area contributed by atoms with E-state index in [1.54, 1.807) is 12.1 Å². The van der Waals surface area contributed by atoms with E-state index in [0.29, 0.717) is 29.8 Å². The first-order valence-electron chi connectivity index (χ1n) is 5.70. The van der Waals surface area contributed by atoms with E-state index in [1.807, 2.05) is 13.8 Å². The Hall–Kier alpha value is -1.39. The molecule has 96 valence electrons. The number of hydrogen-bond acceptors (Lipinski definition) is 3. The molecule has 0 aliphatic carbocycles. The Balaban J connectivity index is 2.21. The van der Waals surface area contributed by atoms with Crippen molar-refractivity contribution in [2.45, 2.75) is 26.4 Å². The van der Waals surface area contributed by atoms with Crippen LogP contribution in [-0.2, 0) is 6.54 Å². The van der Waals surface area contributed by atoms with Crippen LogP contribution in [0.25, 0.3) is 11.3 Å². The molecular weight excluding hydrogens is 255 g/mol. The zero-order valence-corrected chi connectivity index (χ0v) is 11.0. The third-order valence-electron chi connectivity index (χ3n) is 2.43. The second kappa shape index (κ2) is 5.50. The van der Waals surface area contributed by atoms with Gasteiger partial charge in [-0.15, -0.1) is 0 Å². The van der Waals surface area contributed by atoms with Crippen molar-refractivity contribution in [3.63, 3.8) is 0 Å². The molecule has 2 rings (SSSR count). The van der Waals surface area contributed by atoms with Crippen LogP contribution in [-0.4, -0.2) is 11.0 Å². The molecule has 0 bridgehead atoms. The molecule has 0 aliphatic heterocycles. The Kier molecular flexibility index (Phi) is 3.99. The standard InChI is InChI=1S/C13H14ClFN2O/c1-8(2)16-7-12-17-6-11(18-12)9-4-3-5-10(14)13(9)15/h3-6,8,16H,7H2,1-2H3. The molecule has 1 heterocycles. The zero-order valence-electron chi connectivity index (χ0n) is 10.2. The summed E-state index contributed by atoms with van der Waals surface area (Å²) in [7, 11) is 0. The van der Waals surface area contributed by atoms with Crippen LogP contribution in [0.4, 0.5) is 4.39 Å². The number of oxazole rings is 1. The highest BCUT2D eigenvalue weighted by Gasteiger charge is 2.13. The lowest BCUT2D eigenvalue weighted by Crippen LogP contribution is -2.21. The van der Waals surface area contributed by atoms with Crippen molar-refractivity contribution in [1.29, 1.82) is 0 Å². The van der Waals surface area contributed by atoms with Crippen LogP contribution < -0.4 is 5.32 Å². The summed E-state index contributed by atoms with van der Waals surface area (Å²) in [5.74, 6) is 0.423. The fourth-order valence-electron chi connectivity index (χ4n) is 1.50. The van der Waals surface area contributed by atoms with Crippen LogP contribution in [0.1, 0.15) is 19.7 Å². The van der Waals surface area contributed by atoms with Crippen LogP contribution in [0.15, 0.2) is 28.8 Å². The van der Waals surface area contributed by atoms with E-state index in [2.05, 4.69) is 10.3 Å². The summed E-state index contributed by atoms with van der Waals surface area (Å²) in [6.07, 6.45) is 1.51. The SMILES string of the molecule is CC(C)NCc1ncc(-c2cccc(Cl)c2F)o1. The Morgan fingerprint density at radius 3 is 2.94 bits per heavy atom. The molecule has 2 aromatic rings. The number of benzene rings is 1. The Bertz CT molecular complexity index is 540. The largest absolute Gasteiger partial charge is 0.439 e. The van der Waals surface area contributed by atoms with Crippen molar-refractivity contribution >= 4 is 11.6 Å². The molecular formula is C13H14ClFN2O. The number of nitrogens with one attached hydrogen (secondary N) is 1. The molecule has 18 heavy (non-hydrogen) atoms. The maximum Gasteiger partial charge on any atom is 0.208 e. The minimum atomic E-state index is -0.487. The first-order chi connectivity index (χ1) is 8.58. The monoisotopic (exact) mass is 268 g/mol. The minimum Gasteiger partial charge on any atom is -0.439 e. The molecule has 1 aromatic carbocycles. The Labute approximate surface area is 110 Å². The third kappa shape index (κ3) is 2.89. The van der Waals surface area contributed by atoms with Crippen molar-refractivity contribution in [2.75, 3.05) is 0 Å². The van der Waals surface area contributed by atoms with E-state index < -0.39 is 5.82 Å². The summed E-state index contributed by atoms with van der Waals surface area (Å²) in [6, 6.07) is 5.12. The van der Waals surface area contributed by atoms with Gasteiger partial charge in [0, 0.05) is 6.04 Å². The van der Waals surface area contributed by atoms with Gasteiger partial charge in [0.1, 0.15) is 0 Å². The van der Waals surface area contributed by atoms with Gasteiger partial charge in [0.15, 0.2) is 11.6 Å². The second-order valence-corrected chi connectivity index (χ2v) is 4.66. The average Bonchev–Trinajstić information content (AvgIpc) is 2.78. The highest BCUT2D eigenvalue weighted by molar-refractivity contribution is 6.31. The average molecular weight is 269 g/mol. The molecule has 0 unspecified atom stereocenters. The number of hydrogen-bond donors (Lipinski definition) is 1. The van der Waals surface area contributed by atoms with Crippen LogP contribution in [0, 0.1) is 5.82 Å². The summed E-state index contributed by atoms with van der Waals surface area (Å²) in [5.41, 5.74) is 0.325. The molecule has 0 aliphatic rings. The van der Waals surface area contributed by atoms with E-state index in [4.69, 9.17) is 16.0 Å². The molecule has 1 aromatic heterocycles. The van der Waals surface area contributed by atoms with Crippen molar-refractivity contribution in [2.24, 2.45) is 0 Å². The first-order valence-corrected chi connectivity index (χ1v) is 6.08. The summed E-state index contributed by atoms with van der Waals surface area (Å²) in [5, 5.41) is 3.25. The number of halogens is 2. The second-order valence-electron chi connectivity index (χ2n) is 4.26. The molecule has 0 saturated carbocycles. The van der Waals surface area contributed by atoms with Gasteiger partial charge in [-0.25, -0.2) is 9.37 Å². The highest BCUT2D eigenvalue weighted by atomic mass is 35.5. The minimum absolute atomic E-state index is 0.0748. The summed E-state index contributed by atoms with van der Waals surface area (Å²) in [4.78, 5) is 4.10. The van der Waals surface area contributed by atoms with Gasteiger partial charge >= 0.3 is 0 Å². The molecule has 0 saturated heterocycles. The molecule has 5 heteroatoms. The van der Waals surface area contributed by atoms with Gasteiger partial charge in [0.2, 0.25) is 5.89 Å². The molecule has 1 N–H and O–H groups in total. The van der Waals surface area contributed by atoms with E-state index >= 15 is 0 Å². The molecule has 0 atom stereocenters. The maximum absolute atomic E-state index is 13.8. The summed E-state index contributed by atoms with van der Waals surface area (Å²) >= 11 is 5.72. The Morgan fingerprint density at radius 1 is 1.44 bits per heavy atom. The topological polar surface area (TPSA) is 38.1 Å². The fourth-order valence-corrected chi connectivity index (χ4v) is 1.68. The van der Waals surface area contributed by atoms with Crippen LogP contribution >= 0.6 is 11.6 Å². The van der Waals surface area contributed by atoms with E-state index in [1.165, 1.54) is 12.3 Å². The summed E-state index contributed by atoms with van der Waals surface area (Å²) in [6.45, 7) is 4.57. The molecule has 0 amide bonds. The smallest absolute Gasteiger partial charge is 0.208 e. The zero-order chi connectivity index (χ0) is 13.1. The van der Waals surface area contributed by atoms with Crippen molar-refractivity contribution in [1.82, 2.24) is 10.3 Å². The van der Waals surface area contributed by atoms with E-state index in [-0.39, 0.29) is 5.02 Å². The van der Waals surface area contributed by atoms with Gasteiger partial charge in [-0.05, 0) is 12.1 Å². The lowest BCUT2D eigenvalue weighted by Gasteiger charge is -2.04. The highest BCUT2D eigenvalue weighted by Crippen LogP contribution is 2.27. The fraction of sp³-hybridized carbons (Fsp3) is 0.308. The van der Waals surface area contributed by atoms with Crippen molar-refractivity contribution in [3.05, 3.63) is 41.1 Å². The molecule has 0 radical (unpaired) electrons. The number of aromatic nitrogens is 1. The normalized spacial score (nSPS) is 11.2. The van der Waals surface area contributed by atoms with Crippen LogP contribution in [0.2, 0.25) is 5.02 Å². The predicted molar refractivity (Wildman–Crippen MR) is 68.9 cm³/mol. The number of nitrogens with zero attached hydrogens (tertiary/aromatic N) is 1. The van der Waals surface area contributed by atoms with Gasteiger partial charge in [0.25, 0.3) is 0 Å².